The number of carbonyl (C=O) groups is 1. The van der Waals surface area contributed by atoms with Crippen LogP contribution in [0, 0.1) is 6.92 Å². The number of carbonyl (C=O) groups excluding carboxylic acids is 1. The summed E-state index contributed by atoms with van der Waals surface area (Å²) >= 11 is 0. The number of hydrogen-bond donors (Lipinski definition) is 1. The Balaban J connectivity index is 2.04. The number of amides is 1. The van der Waals surface area contributed by atoms with Crippen molar-refractivity contribution in [1.29, 1.82) is 0 Å². The molecule has 118 valence electrons. The van der Waals surface area contributed by atoms with Crippen molar-refractivity contribution in [2.75, 3.05) is 17.2 Å². The van der Waals surface area contributed by atoms with E-state index >= 15 is 0 Å². The first-order chi connectivity index (χ1) is 11.1. The van der Waals surface area contributed by atoms with E-state index in [4.69, 9.17) is 10.5 Å². The van der Waals surface area contributed by atoms with E-state index in [1.54, 1.807) is 23.1 Å². The van der Waals surface area contributed by atoms with E-state index in [0.717, 1.165) is 23.2 Å². The molecule has 4 heteroatoms. The Morgan fingerprint density at radius 1 is 1.22 bits per heavy atom. The second kappa shape index (κ2) is 6.16. The monoisotopic (exact) mass is 308 g/mol. The van der Waals surface area contributed by atoms with E-state index in [1.165, 1.54) is 0 Å². The average molecular weight is 308 g/mol. The predicted octanol–water partition coefficient (Wildman–Crippen LogP) is 3.75. The molecule has 0 spiro atoms. The van der Waals surface area contributed by atoms with Crippen molar-refractivity contribution in [1.82, 2.24) is 0 Å². The van der Waals surface area contributed by atoms with Gasteiger partial charge in [0.2, 0.25) is 0 Å². The molecule has 0 aromatic heterocycles. The number of nitrogens with zero attached hydrogens (tertiary/aromatic N) is 1. The van der Waals surface area contributed by atoms with Gasteiger partial charge in [-0.1, -0.05) is 36.8 Å². The Labute approximate surface area is 136 Å². The normalized spacial score (nSPS) is 15.5. The molecule has 4 nitrogen and oxygen atoms in total. The van der Waals surface area contributed by atoms with Crippen LogP contribution in [0.25, 0.3) is 6.08 Å². The molecule has 23 heavy (non-hydrogen) atoms. The summed E-state index contributed by atoms with van der Waals surface area (Å²) < 4.78 is 5.84. The van der Waals surface area contributed by atoms with Gasteiger partial charge in [0, 0.05) is 18.3 Å². The molecule has 0 unspecified atom stereocenters. The minimum Gasteiger partial charge on any atom is -0.449 e. The van der Waals surface area contributed by atoms with Crippen molar-refractivity contribution in [3.8, 4) is 5.75 Å². The van der Waals surface area contributed by atoms with E-state index in [0.29, 0.717) is 23.7 Å². The Bertz CT molecular complexity index is 781. The van der Waals surface area contributed by atoms with E-state index in [9.17, 15) is 4.79 Å². The quantitative estimate of drug-likeness (QED) is 0.694. The highest BCUT2D eigenvalue weighted by molar-refractivity contribution is 6.10. The summed E-state index contributed by atoms with van der Waals surface area (Å²) in [6.45, 7) is 4.71. The van der Waals surface area contributed by atoms with Gasteiger partial charge < -0.3 is 15.4 Å². The van der Waals surface area contributed by atoms with Gasteiger partial charge in [-0.3, -0.25) is 4.79 Å². The van der Waals surface area contributed by atoms with E-state index < -0.39 is 0 Å². The van der Waals surface area contributed by atoms with Crippen LogP contribution in [0.15, 0.2) is 48.2 Å². The van der Waals surface area contributed by atoms with Gasteiger partial charge in [-0.2, -0.15) is 0 Å². The summed E-state index contributed by atoms with van der Waals surface area (Å²) in [5.74, 6) is 0.824. The second-order valence-corrected chi connectivity index (χ2v) is 5.71. The third-order valence-electron chi connectivity index (χ3n) is 3.74. The SMILES string of the molecule is CCCN1C(=O)/C(=C\c2cccc(C)c2)Oc2cc(N)ccc21. The molecule has 1 aliphatic rings. The number of hydrogen-bond acceptors (Lipinski definition) is 3. The molecule has 2 aromatic carbocycles. The smallest absolute Gasteiger partial charge is 0.294 e. The molecule has 3 rings (SSSR count). The topological polar surface area (TPSA) is 55.6 Å². The lowest BCUT2D eigenvalue weighted by Gasteiger charge is -2.30. The number of anilines is 2. The number of benzene rings is 2. The largest absolute Gasteiger partial charge is 0.449 e. The molecule has 0 saturated carbocycles. The third kappa shape index (κ3) is 3.06. The van der Waals surface area contributed by atoms with Gasteiger partial charge in [0.25, 0.3) is 5.91 Å². The van der Waals surface area contributed by atoms with Crippen molar-refractivity contribution < 1.29 is 9.53 Å². The summed E-state index contributed by atoms with van der Waals surface area (Å²) in [7, 11) is 0. The minimum absolute atomic E-state index is 0.120. The maximum atomic E-state index is 12.8. The first kappa shape index (κ1) is 15.2. The summed E-state index contributed by atoms with van der Waals surface area (Å²) in [4.78, 5) is 14.5. The van der Waals surface area contributed by atoms with Gasteiger partial charge in [-0.15, -0.1) is 0 Å². The summed E-state index contributed by atoms with van der Waals surface area (Å²) in [6, 6.07) is 13.3. The second-order valence-electron chi connectivity index (χ2n) is 5.71. The molecule has 0 aliphatic carbocycles. The van der Waals surface area contributed by atoms with Crippen LogP contribution in [-0.2, 0) is 4.79 Å². The zero-order valence-electron chi connectivity index (χ0n) is 13.4. The highest BCUT2D eigenvalue weighted by Gasteiger charge is 2.29. The molecule has 0 bridgehead atoms. The lowest BCUT2D eigenvalue weighted by molar-refractivity contribution is -0.117. The van der Waals surface area contributed by atoms with Crippen LogP contribution in [0.4, 0.5) is 11.4 Å². The predicted molar refractivity (Wildman–Crippen MR) is 93.3 cm³/mol. The summed E-state index contributed by atoms with van der Waals surface area (Å²) in [5, 5.41) is 0. The number of rotatable bonds is 3. The van der Waals surface area contributed by atoms with Gasteiger partial charge in [0.1, 0.15) is 0 Å². The fourth-order valence-electron chi connectivity index (χ4n) is 2.69. The average Bonchev–Trinajstić information content (AvgIpc) is 2.51. The van der Waals surface area contributed by atoms with Crippen LogP contribution in [-0.4, -0.2) is 12.5 Å². The van der Waals surface area contributed by atoms with Crippen LogP contribution in [0.2, 0.25) is 0 Å². The molecule has 1 heterocycles. The maximum Gasteiger partial charge on any atom is 0.294 e. The number of nitrogen functional groups attached to an aromatic ring is 1. The molecule has 1 aliphatic heterocycles. The van der Waals surface area contributed by atoms with Gasteiger partial charge in [0.15, 0.2) is 11.5 Å². The zero-order chi connectivity index (χ0) is 16.4. The Morgan fingerprint density at radius 3 is 2.78 bits per heavy atom. The molecule has 0 fully saturated rings. The summed E-state index contributed by atoms with van der Waals surface area (Å²) in [6.07, 6.45) is 2.65. The van der Waals surface area contributed by atoms with E-state index in [1.807, 2.05) is 44.2 Å². The van der Waals surface area contributed by atoms with Gasteiger partial charge in [-0.05, 0) is 37.1 Å². The number of aryl methyl sites for hydroxylation is 1. The van der Waals surface area contributed by atoms with Crippen molar-refractivity contribution >= 4 is 23.4 Å². The first-order valence-electron chi connectivity index (χ1n) is 7.76. The molecule has 0 radical (unpaired) electrons. The van der Waals surface area contributed by atoms with Gasteiger partial charge >= 0.3 is 0 Å². The van der Waals surface area contributed by atoms with E-state index in [2.05, 4.69) is 0 Å². The summed E-state index contributed by atoms with van der Waals surface area (Å²) in [5.41, 5.74) is 9.32. The zero-order valence-corrected chi connectivity index (χ0v) is 13.4. The third-order valence-corrected chi connectivity index (χ3v) is 3.74. The highest BCUT2D eigenvalue weighted by atomic mass is 16.5. The molecule has 2 aromatic rings. The molecular formula is C19H20N2O2. The van der Waals surface area contributed by atoms with Crippen molar-refractivity contribution in [3.63, 3.8) is 0 Å². The molecule has 1 amide bonds. The Kier molecular flexibility index (Phi) is 4.06. The molecular weight excluding hydrogens is 288 g/mol. The fourth-order valence-corrected chi connectivity index (χ4v) is 2.69. The van der Waals surface area contributed by atoms with Crippen LogP contribution in [0.3, 0.4) is 0 Å². The fraction of sp³-hybridized carbons (Fsp3) is 0.211. The maximum absolute atomic E-state index is 12.8. The van der Waals surface area contributed by atoms with Crippen molar-refractivity contribution in [3.05, 3.63) is 59.4 Å². The van der Waals surface area contributed by atoms with Crippen LogP contribution >= 0.6 is 0 Å². The number of fused-ring (bicyclic) bond motifs is 1. The lowest BCUT2D eigenvalue weighted by atomic mass is 10.1. The Hall–Kier alpha value is -2.75. The first-order valence-corrected chi connectivity index (χ1v) is 7.76. The molecule has 0 atom stereocenters. The minimum atomic E-state index is -0.120. The Morgan fingerprint density at radius 2 is 2.04 bits per heavy atom. The molecule has 0 saturated heterocycles. The van der Waals surface area contributed by atoms with Crippen molar-refractivity contribution in [2.24, 2.45) is 0 Å². The molecule has 2 N–H and O–H groups in total. The van der Waals surface area contributed by atoms with Gasteiger partial charge in [-0.25, -0.2) is 0 Å². The lowest BCUT2D eigenvalue weighted by Crippen LogP contribution is -2.37. The van der Waals surface area contributed by atoms with E-state index in [-0.39, 0.29) is 5.91 Å². The van der Waals surface area contributed by atoms with Crippen LogP contribution in [0.1, 0.15) is 24.5 Å². The van der Waals surface area contributed by atoms with Crippen LogP contribution in [0.5, 0.6) is 5.75 Å². The van der Waals surface area contributed by atoms with Crippen molar-refractivity contribution in [2.45, 2.75) is 20.3 Å². The standard InChI is InChI=1S/C19H20N2O2/c1-3-9-21-16-8-7-15(20)12-17(16)23-18(19(21)22)11-14-6-4-5-13(2)10-14/h4-8,10-12H,3,9,20H2,1-2H3/b18-11+. The number of nitrogens with two attached hydrogens (primary N) is 1. The number of ether oxygens (including phenoxy) is 1. The van der Waals surface area contributed by atoms with Crippen LogP contribution < -0.4 is 15.4 Å². The highest BCUT2D eigenvalue weighted by Crippen LogP contribution is 2.37. The van der Waals surface area contributed by atoms with Gasteiger partial charge in [0.05, 0.1) is 5.69 Å².